The minimum absolute atomic E-state index is 0.0737. The molecule has 0 heterocycles. The lowest BCUT2D eigenvalue weighted by Gasteiger charge is -2.06. The molecule has 76 valence electrons. The Hall–Kier alpha value is -1.00. The van der Waals surface area contributed by atoms with Gasteiger partial charge in [0.2, 0.25) is 0 Å². The molecular weight excluding hydrogens is 232 g/mol. The molecule has 1 rings (SSSR count). The largest absolute Gasteiger partial charge is 0.492 e. The van der Waals surface area contributed by atoms with E-state index in [9.17, 15) is 4.39 Å². The van der Waals surface area contributed by atoms with E-state index in [4.69, 9.17) is 33.1 Å². The molecule has 0 spiro atoms. The Morgan fingerprint density at radius 1 is 1.57 bits per heavy atom. The predicted molar refractivity (Wildman–Crippen MR) is 52.1 cm³/mol. The van der Waals surface area contributed by atoms with Gasteiger partial charge in [0, 0.05) is 0 Å². The summed E-state index contributed by atoms with van der Waals surface area (Å²) in [4.78, 5) is 0. The average molecular weight is 238 g/mol. The number of halogens is 3. The number of methoxy groups -OCH3 is 1. The van der Waals surface area contributed by atoms with Crippen LogP contribution in [0, 0.1) is 5.82 Å². The second-order valence-corrected chi connectivity index (χ2v) is 3.10. The Labute approximate surface area is 89.7 Å². The van der Waals surface area contributed by atoms with E-state index < -0.39 is 5.82 Å². The summed E-state index contributed by atoms with van der Waals surface area (Å²) in [6.07, 6.45) is 0. The van der Waals surface area contributed by atoms with Crippen molar-refractivity contribution < 1.29 is 14.3 Å². The normalized spacial score (nSPS) is 11.6. The second-order valence-electron chi connectivity index (χ2n) is 2.33. The minimum atomic E-state index is -0.761. The van der Waals surface area contributed by atoms with Crippen molar-refractivity contribution in [3.8, 4) is 5.75 Å². The van der Waals surface area contributed by atoms with E-state index in [1.807, 2.05) is 0 Å². The van der Waals surface area contributed by atoms with E-state index >= 15 is 0 Å². The van der Waals surface area contributed by atoms with Crippen LogP contribution in [0.4, 0.5) is 4.39 Å². The first-order valence-corrected chi connectivity index (χ1v) is 4.27. The van der Waals surface area contributed by atoms with Crippen molar-refractivity contribution in [3.05, 3.63) is 28.5 Å². The highest BCUT2D eigenvalue weighted by Gasteiger charge is 2.15. The van der Waals surface area contributed by atoms with Crippen molar-refractivity contribution in [3.63, 3.8) is 0 Å². The number of oxime groups is 1. The van der Waals surface area contributed by atoms with Gasteiger partial charge in [0.25, 0.3) is 0 Å². The smallest absolute Gasteiger partial charge is 0.178 e. The summed E-state index contributed by atoms with van der Waals surface area (Å²) in [6.45, 7) is 0. The van der Waals surface area contributed by atoms with Crippen LogP contribution in [0.2, 0.25) is 5.02 Å². The Morgan fingerprint density at radius 2 is 2.21 bits per heavy atom. The summed E-state index contributed by atoms with van der Waals surface area (Å²) >= 11 is 11.1. The third kappa shape index (κ3) is 1.91. The van der Waals surface area contributed by atoms with Crippen LogP contribution in [0.25, 0.3) is 0 Å². The fourth-order valence-electron chi connectivity index (χ4n) is 0.933. The van der Waals surface area contributed by atoms with E-state index in [1.54, 1.807) is 0 Å². The third-order valence-electron chi connectivity index (χ3n) is 1.56. The van der Waals surface area contributed by atoms with E-state index in [1.165, 1.54) is 19.2 Å². The van der Waals surface area contributed by atoms with E-state index in [-0.39, 0.29) is 21.5 Å². The van der Waals surface area contributed by atoms with Gasteiger partial charge in [-0.05, 0) is 12.1 Å². The zero-order valence-electron chi connectivity index (χ0n) is 7.09. The molecular formula is C8H6Cl2FNO2. The summed E-state index contributed by atoms with van der Waals surface area (Å²) in [6, 6.07) is 2.69. The first kappa shape index (κ1) is 11.1. The standard InChI is InChI=1S/C8H6Cl2FNO2/c1-14-7-5(9)3-2-4(6(7)11)8(10)12-13/h2-3,13H,1H3. The maximum atomic E-state index is 13.5. The number of ether oxygens (including phenoxy) is 1. The Balaban J connectivity index is 3.35. The number of benzene rings is 1. The van der Waals surface area contributed by atoms with Crippen LogP contribution in [-0.2, 0) is 0 Å². The summed E-state index contributed by atoms with van der Waals surface area (Å²) in [5.74, 6) is -0.895. The van der Waals surface area contributed by atoms with E-state index in [0.29, 0.717) is 0 Å². The first-order chi connectivity index (χ1) is 6.61. The highest BCUT2D eigenvalue weighted by atomic mass is 35.5. The average Bonchev–Trinajstić information content (AvgIpc) is 2.18. The van der Waals surface area contributed by atoms with Crippen molar-refractivity contribution in [1.29, 1.82) is 0 Å². The summed E-state index contributed by atoms with van der Waals surface area (Å²) in [7, 11) is 1.28. The molecule has 0 saturated heterocycles. The molecule has 0 unspecified atom stereocenters. The zero-order valence-corrected chi connectivity index (χ0v) is 8.60. The molecule has 0 radical (unpaired) electrons. The Morgan fingerprint density at radius 3 is 2.71 bits per heavy atom. The van der Waals surface area contributed by atoms with Crippen LogP contribution in [-0.4, -0.2) is 17.5 Å². The van der Waals surface area contributed by atoms with Crippen LogP contribution in [0.5, 0.6) is 5.75 Å². The molecule has 14 heavy (non-hydrogen) atoms. The van der Waals surface area contributed by atoms with E-state index in [2.05, 4.69) is 5.16 Å². The summed E-state index contributed by atoms with van der Waals surface area (Å²) in [5, 5.41) is 10.8. The number of rotatable bonds is 2. The van der Waals surface area contributed by atoms with E-state index in [0.717, 1.165) is 0 Å². The molecule has 0 aliphatic rings. The van der Waals surface area contributed by atoms with Gasteiger partial charge in [-0.2, -0.15) is 0 Å². The van der Waals surface area contributed by atoms with Crippen molar-refractivity contribution >= 4 is 28.4 Å². The number of hydrogen-bond donors (Lipinski definition) is 1. The predicted octanol–water partition coefficient (Wildman–Crippen LogP) is 2.86. The van der Waals surface area contributed by atoms with Crippen LogP contribution >= 0.6 is 23.2 Å². The van der Waals surface area contributed by atoms with Crippen molar-refractivity contribution in [2.45, 2.75) is 0 Å². The third-order valence-corrected chi connectivity index (χ3v) is 2.14. The van der Waals surface area contributed by atoms with Gasteiger partial charge in [0.15, 0.2) is 16.7 Å². The molecule has 3 nitrogen and oxygen atoms in total. The quantitative estimate of drug-likeness (QED) is 0.489. The van der Waals surface area contributed by atoms with Gasteiger partial charge in [0.05, 0.1) is 17.7 Å². The fourth-order valence-corrected chi connectivity index (χ4v) is 1.30. The maximum Gasteiger partial charge on any atom is 0.178 e. The van der Waals surface area contributed by atoms with Crippen LogP contribution in [0.15, 0.2) is 17.3 Å². The molecule has 0 atom stereocenters. The molecule has 0 bridgehead atoms. The van der Waals surface area contributed by atoms with Gasteiger partial charge < -0.3 is 9.94 Å². The molecule has 0 aliphatic carbocycles. The number of hydrogen-bond acceptors (Lipinski definition) is 3. The van der Waals surface area contributed by atoms with Gasteiger partial charge in [0.1, 0.15) is 0 Å². The van der Waals surface area contributed by atoms with Gasteiger partial charge in [-0.3, -0.25) is 0 Å². The fraction of sp³-hybridized carbons (Fsp3) is 0.125. The molecule has 0 fully saturated rings. The lowest BCUT2D eigenvalue weighted by molar-refractivity contribution is 0.320. The van der Waals surface area contributed by atoms with Crippen molar-refractivity contribution in [2.24, 2.45) is 5.16 Å². The van der Waals surface area contributed by atoms with Gasteiger partial charge in [-0.1, -0.05) is 28.4 Å². The molecule has 0 aliphatic heterocycles. The summed E-state index contributed by atoms with van der Waals surface area (Å²) in [5.41, 5.74) is -0.0737. The summed E-state index contributed by atoms with van der Waals surface area (Å²) < 4.78 is 18.2. The van der Waals surface area contributed by atoms with Crippen LogP contribution in [0.3, 0.4) is 0 Å². The Bertz CT molecular complexity index is 382. The molecule has 0 aromatic heterocycles. The zero-order chi connectivity index (χ0) is 10.7. The molecule has 6 heteroatoms. The maximum absolute atomic E-state index is 13.5. The second kappa shape index (κ2) is 4.48. The SMILES string of the molecule is COc1c(Cl)ccc(C(Cl)=NO)c1F. The number of nitrogens with zero attached hydrogens (tertiary/aromatic N) is 1. The van der Waals surface area contributed by atoms with Crippen molar-refractivity contribution in [1.82, 2.24) is 0 Å². The van der Waals surface area contributed by atoms with Gasteiger partial charge in [-0.15, -0.1) is 0 Å². The highest BCUT2D eigenvalue weighted by Crippen LogP contribution is 2.30. The molecule has 0 amide bonds. The Kier molecular flexibility index (Phi) is 3.55. The van der Waals surface area contributed by atoms with Crippen LogP contribution < -0.4 is 4.74 Å². The molecule has 1 N–H and O–H groups in total. The lowest BCUT2D eigenvalue weighted by Crippen LogP contribution is -1.99. The topological polar surface area (TPSA) is 41.8 Å². The van der Waals surface area contributed by atoms with Crippen LogP contribution in [0.1, 0.15) is 5.56 Å². The lowest BCUT2D eigenvalue weighted by atomic mass is 10.2. The monoisotopic (exact) mass is 237 g/mol. The van der Waals surface area contributed by atoms with Gasteiger partial charge >= 0.3 is 0 Å². The molecule has 0 saturated carbocycles. The minimum Gasteiger partial charge on any atom is -0.492 e. The highest BCUT2D eigenvalue weighted by molar-refractivity contribution is 6.69. The van der Waals surface area contributed by atoms with Crippen molar-refractivity contribution in [2.75, 3.05) is 7.11 Å². The van der Waals surface area contributed by atoms with Gasteiger partial charge in [-0.25, -0.2) is 4.39 Å². The molecule has 1 aromatic rings. The molecule has 1 aromatic carbocycles. The first-order valence-electron chi connectivity index (χ1n) is 3.51.